The monoisotopic (exact) mass is 312 g/mol. The number of halogens is 1. The zero-order valence-electron chi connectivity index (χ0n) is 9.47. The number of carbonyl (C=O) groups excluding carboxylic acids is 1. The van der Waals surface area contributed by atoms with Gasteiger partial charge in [-0.1, -0.05) is 0 Å². The molecule has 0 spiro atoms. The molecule has 0 aliphatic rings. The number of ether oxygens (including phenoxy) is 1. The van der Waals surface area contributed by atoms with Crippen LogP contribution < -0.4 is 0 Å². The van der Waals surface area contributed by atoms with Crippen molar-refractivity contribution in [3.05, 3.63) is 37.8 Å². The Bertz CT molecular complexity index is 537. The number of hydrogen-bond donors (Lipinski definition) is 0. The molecule has 0 saturated carbocycles. The van der Waals surface area contributed by atoms with Crippen LogP contribution in [0.2, 0.25) is 0 Å². The van der Waals surface area contributed by atoms with Gasteiger partial charge in [-0.05, 0) is 34.5 Å². The maximum Gasteiger partial charge on any atom is 0.310 e. The molecule has 0 saturated heterocycles. The van der Waals surface area contributed by atoms with Gasteiger partial charge in [0.25, 0.3) is 5.69 Å². The number of nitriles is 1. The van der Waals surface area contributed by atoms with Gasteiger partial charge in [0.15, 0.2) is 0 Å². The molecule has 6 nitrogen and oxygen atoms in total. The van der Waals surface area contributed by atoms with Gasteiger partial charge in [0, 0.05) is 6.07 Å². The summed E-state index contributed by atoms with van der Waals surface area (Å²) in [5, 5.41) is 19.6. The van der Waals surface area contributed by atoms with Crippen molar-refractivity contribution in [2.75, 3.05) is 6.61 Å². The first-order chi connectivity index (χ1) is 8.49. The fourth-order valence-electron chi connectivity index (χ4n) is 1.36. The molecular weight excluding hydrogens is 304 g/mol. The molecule has 0 unspecified atom stereocenters. The van der Waals surface area contributed by atoms with E-state index in [0.29, 0.717) is 5.56 Å². The molecule has 1 aromatic carbocycles. The van der Waals surface area contributed by atoms with Gasteiger partial charge in [-0.3, -0.25) is 14.9 Å². The first kappa shape index (κ1) is 14.1. The molecule has 1 aromatic rings. The molecule has 1 rings (SSSR count). The number of benzene rings is 1. The minimum atomic E-state index is -0.598. The molecule has 0 fully saturated rings. The summed E-state index contributed by atoms with van der Waals surface area (Å²) in [7, 11) is 0. The molecule has 0 amide bonds. The summed E-state index contributed by atoms with van der Waals surface area (Å²) in [4.78, 5) is 21.4. The Hall–Kier alpha value is -1.94. The Morgan fingerprint density at radius 3 is 2.78 bits per heavy atom. The largest absolute Gasteiger partial charge is 0.466 e. The van der Waals surface area contributed by atoms with E-state index in [9.17, 15) is 14.9 Å². The van der Waals surface area contributed by atoms with Gasteiger partial charge < -0.3 is 4.74 Å². The van der Waals surface area contributed by atoms with Crippen LogP contribution >= 0.6 is 15.9 Å². The fraction of sp³-hybridized carbons (Fsp3) is 0.273. The molecule has 0 aromatic heterocycles. The molecule has 0 radical (unpaired) electrons. The van der Waals surface area contributed by atoms with Crippen LogP contribution in [0, 0.1) is 21.4 Å². The van der Waals surface area contributed by atoms with E-state index in [1.807, 2.05) is 6.07 Å². The van der Waals surface area contributed by atoms with Gasteiger partial charge in [-0.15, -0.1) is 0 Å². The van der Waals surface area contributed by atoms with Crippen molar-refractivity contribution in [1.29, 1.82) is 5.26 Å². The summed E-state index contributed by atoms with van der Waals surface area (Å²) in [5.41, 5.74) is 0.283. The van der Waals surface area contributed by atoms with Crippen molar-refractivity contribution in [2.45, 2.75) is 13.3 Å². The Kier molecular flexibility index (Phi) is 4.80. The van der Waals surface area contributed by atoms with E-state index in [1.54, 1.807) is 6.92 Å². The quantitative estimate of drug-likeness (QED) is 0.483. The van der Waals surface area contributed by atoms with E-state index in [-0.39, 0.29) is 28.8 Å². The topological polar surface area (TPSA) is 93.2 Å². The summed E-state index contributed by atoms with van der Waals surface area (Å²) in [6.07, 6.45) is -0.0900. The third-order valence-corrected chi connectivity index (χ3v) is 2.77. The van der Waals surface area contributed by atoms with E-state index < -0.39 is 10.9 Å². The first-order valence-electron chi connectivity index (χ1n) is 5.02. The molecule has 0 aliphatic carbocycles. The highest BCUT2D eigenvalue weighted by Crippen LogP contribution is 2.28. The lowest BCUT2D eigenvalue weighted by Crippen LogP contribution is -2.09. The highest BCUT2D eigenvalue weighted by molar-refractivity contribution is 9.10. The average molecular weight is 313 g/mol. The lowest BCUT2D eigenvalue weighted by molar-refractivity contribution is -0.385. The second-order valence-electron chi connectivity index (χ2n) is 3.31. The van der Waals surface area contributed by atoms with Crippen LogP contribution in [0.1, 0.15) is 18.1 Å². The van der Waals surface area contributed by atoms with E-state index in [0.717, 1.165) is 6.07 Å². The van der Waals surface area contributed by atoms with E-state index >= 15 is 0 Å². The number of esters is 1. The number of hydrogen-bond acceptors (Lipinski definition) is 5. The Morgan fingerprint density at radius 1 is 1.61 bits per heavy atom. The Morgan fingerprint density at radius 2 is 2.28 bits per heavy atom. The summed E-state index contributed by atoms with van der Waals surface area (Å²) in [5.74, 6) is -0.477. The standard InChI is InChI=1S/C11H9BrN2O4/c1-2-18-11(15)5-7-3-9(12)10(14(16)17)4-8(7)6-13/h3-4H,2,5H2,1H3. The van der Waals surface area contributed by atoms with Crippen molar-refractivity contribution in [2.24, 2.45) is 0 Å². The average Bonchev–Trinajstić information content (AvgIpc) is 2.29. The molecule has 18 heavy (non-hydrogen) atoms. The van der Waals surface area contributed by atoms with Gasteiger partial charge >= 0.3 is 5.97 Å². The molecule has 0 atom stereocenters. The zero-order valence-corrected chi connectivity index (χ0v) is 11.1. The third kappa shape index (κ3) is 3.28. The van der Waals surface area contributed by atoms with Crippen LogP contribution in [0.25, 0.3) is 0 Å². The lowest BCUT2D eigenvalue weighted by atomic mass is 10.0. The molecular formula is C11H9BrN2O4. The number of nitrogens with zero attached hydrogens (tertiary/aromatic N) is 2. The highest BCUT2D eigenvalue weighted by Gasteiger charge is 2.18. The maximum absolute atomic E-state index is 11.3. The van der Waals surface area contributed by atoms with E-state index in [2.05, 4.69) is 15.9 Å². The zero-order chi connectivity index (χ0) is 13.7. The molecule has 0 aliphatic heterocycles. The van der Waals surface area contributed by atoms with Crippen LogP contribution in [-0.2, 0) is 16.0 Å². The highest BCUT2D eigenvalue weighted by atomic mass is 79.9. The minimum Gasteiger partial charge on any atom is -0.466 e. The lowest BCUT2D eigenvalue weighted by Gasteiger charge is -2.05. The van der Waals surface area contributed by atoms with Crippen LogP contribution in [0.4, 0.5) is 5.69 Å². The van der Waals surface area contributed by atoms with Gasteiger partial charge in [-0.2, -0.15) is 5.26 Å². The normalized spacial score (nSPS) is 9.61. The molecule has 0 N–H and O–H groups in total. The Balaban J connectivity index is 3.14. The first-order valence-corrected chi connectivity index (χ1v) is 5.81. The molecule has 7 heteroatoms. The summed E-state index contributed by atoms with van der Waals surface area (Å²) >= 11 is 3.04. The molecule has 94 valence electrons. The van der Waals surface area contributed by atoms with Crippen molar-refractivity contribution in [3.8, 4) is 6.07 Å². The van der Waals surface area contributed by atoms with Crippen LogP contribution in [0.3, 0.4) is 0 Å². The maximum atomic E-state index is 11.3. The molecule has 0 heterocycles. The summed E-state index contributed by atoms with van der Waals surface area (Å²) in [6.45, 7) is 1.92. The van der Waals surface area contributed by atoms with Crippen molar-refractivity contribution in [3.63, 3.8) is 0 Å². The van der Waals surface area contributed by atoms with Crippen LogP contribution in [0.15, 0.2) is 16.6 Å². The van der Waals surface area contributed by atoms with E-state index in [1.165, 1.54) is 6.07 Å². The summed E-state index contributed by atoms with van der Waals surface area (Å²) in [6, 6.07) is 4.37. The van der Waals surface area contributed by atoms with Gasteiger partial charge in [0.2, 0.25) is 0 Å². The number of nitro benzene ring substituents is 1. The second-order valence-corrected chi connectivity index (χ2v) is 4.17. The predicted octanol–water partition coefficient (Wildman–Crippen LogP) is 2.33. The SMILES string of the molecule is CCOC(=O)Cc1cc(Br)c([N+](=O)[O-])cc1C#N. The minimum absolute atomic E-state index is 0.0900. The second kappa shape index (κ2) is 6.12. The number of rotatable bonds is 4. The van der Waals surface area contributed by atoms with Crippen molar-refractivity contribution in [1.82, 2.24) is 0 Å². The van der Waals surface area contributed by atoms with Gasteiger partial charge in [0.05, 0.1) is 34.1 Å². The summed E-state index contributed by atoms with van der Waals surface area (Å²) < 4.78 is 4.99. The Labute approximate surface area is 111 Å². The third-order valence-electron chi connectivity index (χ3n) is 2.13. The number of carbonyl (C=O) groups is 1. The van der Waals surface area contributed by atoms with Crippen molar-refractivity contribution >= 4 is 27.6 Å². The number of nitro groups is 1. The predicted molar refractivity (Wildman–Crippen MR) is 65.8 cm³/mol. The van der Waals surface area contributed by atoms with Gasteiger partial charge in [-0.25, -0.2) is 0 Å². The van der Waals surface area contributed by atoms with Crippen LogP contribution in [-0.4, -0.2) is 17.5 Å². The van der Waals surface area contributed by atoms with Crippen molar-refractivity contribution < 1.29 is 14.5 Å². The van der Waals surface area contributed by atoms with Gasteiger partial charge in [0.1, 0.15) is 0 Å². The van der Waals surface area contributed by atoms with Crippen LogP contribution in [0.5, 0.6) is 0 Å². The molecule has 0 bridgehead atoms. The fourth-order valence-corrected chi connectivity index (χ4v) is 1.90. The van der Waals surface area contributed by atoms with E-state index in [4.69, 9.17) is 10.00 Å². The smallest absolute Gasteiger partial charge is 0.310 e.